The van der Waals surface area contributed by atoms with Gasteiger partial charge >= 0.3 is 0 Å². The van der Waals surface area contributed by atoms with E-state index in [4.69, 9.17) is 9.97 Å². The zero-order valence-corrected chi connectivity index (χ0v) is 15.9. The maximum atomic E-state index is 11.8. The molecule has 0 unspecified atom stereocenters. The Morgan fingerprint density at radius 2 is 1.85 bits per heavy atom. The van der Waals surface area contributed by atoms with E-state index in [0.29, 0.717) is 5.92 Å². The van der Waals surface area contributed by atoms with Crippen molar-refractivity contribution in [2.24, 2.45) is 7.05 Å². The molecule has 1 aliphatic heterocycles. The standard InChI is InChI=1S/C20H27N5O/c1-14-15(2)21-19(17-4-5-17)22-20(14)25-10-8-24(9-11-25)13-16-6-7-23(3)18(26)12-16/h6-7,12,17H,4-5,8-11,13H2,1-3H3. The van der Waals surface area contributed by atoms with Crippen molar-refractivity contribution < 1.29 is 0 Å². The molecule has 2 aromatic rings. The zero-order chi connectivity index (χ0) is 18.3. The van der Waals surface area contributed by atoms with Crippen molar-refractivity contribution >= 4 is 5.82 Å². The normalized spacial score (nSPS) is 18.3. The second-order valence-electron chi connectivity index (χ2n) is 7.64. The van der Waals surface area contributed by atoms with Crippen molar-refractivity contribution in [3.05, 3.63) is 51.3 Å². The predicted octanol–water partition coefficient (Wildman–Crippen LogP) is 1.99. The van der Waals surface area contributed by atoms with Crippen LogP contribution in [0.5, 0.6) is 0 Å². The molecule has 26 heavy (non-hydrogen) atoms. The lowest BCUT2D eigenvalue weighted by Crippen LogP contribution is -2.46. The van der Waals surface area contributed by atoms with Gasteiger partial charge in [0, 0.05) is 69.2 Å². The Kier molecular flexibility index (Phi) is 4.53. The van der Waals surface area contributed by atoms with Gasteiger partial charge in [0.25, 0.3) is 5.56 Å². The first-order valence-corrected chi connectivity index (χ1v) is 9.49. The lowest BCUT2D eigenvalue weighted by molar-refractivity contribution is 0.249. The van der Waals surface area contributed by atoms with Crippen LogP contribution in [-0.2, 0) is 13.6 Å². The zero-order valence-electron chi connectivity index (χ0n) is 15.9. The molecule has 138 valence electrons. The van der Waals surface area contributed by atoms with Gasteiger partial charge in [0.2, 0.25) is 0 Å². The van der Waals surface area contributed by atoms with E-state index in [2.05, 4.69) is 23.6 Å². The molecule has 1 aliphatic carbocycles. The number of hydrogen-bond donors (Lipinski definition) is 0. The molecule has 2 aliphatic rings. The third-order valence-electron chi connectivity index (χ3n) is 5.57. The fourth-order valence-electron chi connectivity index (χ4n) is 3.53. The Hall–Kier alpha value is -2.21. The van der Waals surface area contributed by atoms with Gasteiger partial charge in [-0.15, -0.1) is 0 Å². The van der Waals surface area contributed by atoms with E-state index < -0.39 is 0 Å². The van der Waals surface area contributed by atoms with Gasteiger partial charge in [-0.3, -0.25) is 9.69 Å². The lowest BCUT2D eigenvalue weighted by Gasteiger charge is -2.36. The summed E-state index contributed by atoms with van der Waals surface area (Å²) in [6.07, 6.45) is 4.30. The Morgan fingerprint density at radius 3 is 2.50 bits per heavy atom. The Balaban J connectivity index is 1.43. The van der Waals surface area contributed by atoms with E-state index in [9.17, 15) is 4.79 Å². The Bertz CT molecular complexity index is 863. The summed E-state index contributed by atoms with van der Waals surface area (Å²) in [5.41, 5.74) is 3.46. The van der Waals surface area contributed by atoms with Gasteiger partial charge in [-0.05, 0) is 38.3 Å². The first-order chi connectivity index (χ1) is 12.5. The third kappa shape index (κ3) is 3.51. The number of rotatable bonds is 4. The molecule has 1 saturated heterocycles. The number of piperazine rings is 1. The van der Waals surface area contributed by atoms with Crippen molar-refractivity contribution in [1.82, 2.24) is 19.4 Å². The highest BCUT2D eigenvalue weighted by Crippen LogP contribution is 2.39. The van der Waals surface area contributed by atoms with Crippen LogP contribution in [0.15, 0.2) is 23.1 Å². The minimum atomic E-state index is 0.0563. The van der Waals surface area contributed by atoms with Crippen LogP contribution in [0.1, 0.15) is 41.4 Å². The third-order valence-corrected chi connectivity index (χ3v) is 5.57. The van der Waals surface area contributed by atoms with Crippen LogP contribution in [0, 0.1) is 13.8 Å². The second-order valence-corrected chi connectivity index (χ2v) is 7.64. The molecule has 6 nitrogen and oxygen atoms in total. The summed E-state index contributed by atoms with van der Waals surface area (Å²) in [5, 5.41) is 0. The van der Waals surface area contributed by atoms with Crippen molar-refractivity contribution in [1.29, 1.82) is 0 Å². The molecule has 0 N–H and O–H groups in total. The number of nitrogens with zero attached hydrogens (tertiary/aromatic N) is 5. The largest absolute Gasteiger partial charge is 0.354 e. The molecule has 0 aromatic carbocycles. The first-order valence-electron chi connectivity index (χ1n) is 9.49. The topological polar surface area (TPSA) is 54.3 Å². The van der Waals surface area contributed by atoms with Gasteiger partial charge in [0.05, 0.1) is 0 Å². The molecular weight excluding hydrogens is 326 g/mol. The Labute approximate surface area is 154 Å². The number of anilines is 1. The average Bonchev–Trinajstić information content (AvgIpc) is 3.46. The van der Waals surface area contributed by atoms with Crippen LogP contribution in [-0.4, -0.2) is 45.6 Å². The van der Waals surface area contributed by atoms with E-state index in [1.807, 2.05) is 12.3 Å². The predicted molar refractivity (Wildman–Crippen MR) is 103 cm³/mol. The minimum Gasteiger partial charge on any atom is -0.354 e. The fourth-order valence-corrected chi connectivity index (χ4v) is 3.53. The van der Waals surface area contributed by atoms with Crippen LogP contribution in [0.2, 0.25) is 0 Å². The van der Waals surface area contributed by atoms with Gasteiger partial charge in [0.1, 0.15) is 11.6 Å². The molecule has 3 heterocycles. The van der Waals surface area contributed by atoms with E-state index >= 15 is 0 Å². The minimum absolute atomic E-state index is 0.0563. The second kappa shape index (κ2) is 6.83. The Morgan fingerprint density at radius 1 is 1.12 bits per heavy atom. The van der Waals surface area contributed by atoms with Crippen LogP contribution in [0.4, 0.5) is 5.82 Å². The highest BCUT2D eigenvalue weighted by molar-refractivity contribution is 5.49. The van der Waals surface area contributed by atoms with E-state index in [1.54, 1.807) is 17.7 Å². The van der Waals surface area contributed by atoms with E-state index in [1.165, 1.54) is 18.4 Å². The quantitative estimate of drug-likeness (QED) is 0.841. The summed E-state index contributed by atoms with van der Waals surface area (Å²) in [6.45, 7) is 8.95. The van der Waals surface area contributed by atoms with Crippen molar-refractivity contribution in [2.45, 2.75) is 39.2 Å². The molecule has 2 aromatic heterocycles. The van der Waals surface area contributed by atoms with Gasteiger partial charge in [0.15, 0.2) is 0 Å². The number of hydrogen-bond acceptors (Lipinski definition) is 5. The molecule has 0 spiro atoms. The molecule has 6 heteroatoms. The summed E-state index contributed by atoms with van der Waals surface area (Å²) in [6, 6.07) is 3.78. The summed E-state index contributed by atoms with van der Waals surface area (Å²) >= 11 is 0. The van der Waals surface area contributed by atoms with Crippen molar-refractivity contribution in [2.75, 3.05) is 31.1 Å². The van der Waals surface area contributed by atoms with Gasteiger partial charge in [-0.2, -0.15) is 0 Å². The van der Waals surface area contributed by atoms with E-state index in [-0.39, 0.29) is 5.56 Å². The molecule has 1 saturated carbocycles. The average molecular weight is 353 g/mol. The molecule has 4 rings (SSSR count). The monoisotopic (exact) mass is 353 g/mol. The molecule has 0 amide bonds. The van der Waals surface area contributed by atoms with Crippen molar-refractivity contribution in [3.63, 3.8) is 0 Å². The summed E-state index contributed by atoms with van der Waals surface area (Å²) < 4.78 is 1.61. The number of pyridine rings is 1. The molecule has 0 atom stereocenters. The number of aromatic nitrogens is 3. The maximum Gasteiger partial charge on any atom is 0.250 e. The van der Waals surface area contributed by atoms with Gasteiger partial charge in [-0.25, -0.2) is 9.97 Å². The van der Waals surface area contributed by atoms with Crippen LogP contribution in [0.3, 0.4) is 0 Å². The van der Waals surface area contributed by atoms with Crippen LogP contribution in [0.25, 0.3) is 0 Å². The summed E-state index contributed by atoms with van der Waals surface area (Å²) in [7, 11) is 1.78. The summed E-state index contributed by atoms with van der Waals surface area (Å²) in [5.74, 6) is 2.73. The van der Waals surface area contributed by atoms with Gasteiger partial charge in [-0.1, -0.05) is 0 Å². The molecule has 2 fully saturated rings. The molecule has 0 radical (unpaired) electrons. The van der Waals surface area contributed by atoms with E-state index in [0.717, 1.165) is 55.6 Å². The van der Waals surface area contributed by atoms with Crippen molar-refractivity contribution in [3.8, 4) is 0 Å². The van der Waals surface area contributed by atoms with Crippen LogP contribution >= 0.6 is 0 Å². The van der Waals surface area contributed by atoms with Gasteiger partial charge < -0.3 is 9.47 Å². The first kappa shape index (κ1) is 17.2. The lowest BCUT2D eigenvalue weighted by atomic mass is 10.2. The molecule has 0 bridgehead atoms. The van der Waals surface area contributed by atoms with Crippen LogP contribution < -0.4 is 10.5 Å². The highest BCUT2D eigenvalue weighted by Gasteiger charge is 2.29. The highest BCUT2D eigenvalue weighted by atomic mass is 16.1. The maximum absolute atomic E-state index is 11.8. The SMILES string of the molecule is Cc1nc(C2CC2)nc(N2CCN(Cc3ccn(C)c(=O)c3)CC2)c1C. The smallest absolute Gasteiger partial charge is 0.250 e. The molecular formula is C20H27N5O. The fraction of sp³-hybridized carbons (Fsp3) is 0.550. The number of aryl methyl sites for hydroxylation is 2. The summed E-state index contributed by atoms with van der Waals surface area (Å²) in [4.78, 5) is 26.2.